The van der Waals surface area contributed by atoms with Gasteiger partial charge in [-0.3, -0.25) is 4.79 Å². The molecular formula is C22H21N7O2. The van der Waals surface area contributed by atoms with Crippen LogP contribution in [0.5, 0.6) is 5.75 Å². The Morgan fingerprint density at radius 3 is 2.61 bits per heavy atom. The fourth-order valence-corrected chi connectivity index (χ4v) is 3.19. The molecule has 9 heteroatoms. The van der Waals surface area contributed by atoms with E-state index in [1.165, 1.54) is 13.3 Å². The third kappa shape index (κ3) is 4.70. The Kier molecular flexibility index (Phi) is 5.62. The number of nitrogens with zero attached hydrogens (tertiary/aromatic N) is 5. The van der Waals surface area contributed by atoms with E-state index in [9.17, 15) is 4.79 Å². The zero-order valence-electron chi connectivity index (χ0n) is 17.2. The van der Waals surface area contributed by atoms with Crippen molar-refractivity contribution in [1.82, 2.24) is 15.0 Å². The largest absolute Gasteiger partial charge is 0.487 e. The van der Waals surface area contributed by atoms with Gasteiger partial charge in [0.1, 0.15) is 18.2 Å². The first kappa shape index (κ1) is 20.1. The molecule has 156 valence electrons. The normalized spacial score (nSPS) is 13.1. The van der Waals surface area contributed by atoms with E-state index in [0.717, 1.165) is 22.7 Å². The fourth-order valence-electron chi connectivity index (χ4n) is 3.19. The maximum atomic E-state index is 11.4. The van der Waals surface area contributed by atoms with E-state index in [4.69, 9.17) is 10.00 Å². The van der Waals surface area contributed by atoms with Gasteiger partial charge in [0, 0.05) is 18.3 Å². The van der Waals surface area contributed by atoms with E-state index in [-0.39, 0.29) is 12.0 Å². The first-order chi connectivity index (χ1) is 15.0. The van der Waals surface area contributed by atoms with E-state index in [2.05, 4.69) is 31.7 Å². The molecule has 2 N–H and O–H groups in total. The summed E-state index contributed by atoms with van der Waals surface area (Å²) in [5, 5.41) is 14.9. The maximum Gasteiger partial charge on any atom is 0.232 e. The van der Waals surface area contributed by atoms with Gasteiger partial charge in [-0.2, -0.15) is 10.2 Å². The van der Waals surface area contributed by atoms with Crippen LogP contribution >= 0.6 is 0 Å². The molecule has 9 nitrogen and oxygen atoms in total. The summed E-state index contributed by atoms with van der Waals surface area (Å²) >= 11 is 0. The summed E-state index contributed by atoms with van der Waals surface area (Å²) in [6.07, 6.45) is 1.49. The average molecular weight is 415 g/mol. The summed E-state index contributed by atoms with van der Waals surface area (Å²) in [5.74, 6) is 1.59. The number of nitrogens with one attached hydrogen (secondary N) is 2. The molecule has 2 aromatic carbocycles. The molecule has 0 spiro atoms. The highest BCUT2D eigenvalue weighted by atomic mass is 16.5. The standard InChI is InChI=1S/C22H21N7O2/c1-14-19(26-15(2)30)4-3-5-20(14)27-21-24-13-25-22(28-21)29-11-18(12-29)31-17-8-6-16(10-23)7-9-17/h3-9,13,18H,11-12H2,1-2H3,(H,26,30)(H,24,25,27,28). The first-order valence-corrected chi connectivity index (χ1v) is 9.77. The number of hydrogen-bond acceptors (Lipinski definition) is 8. The molecule has 0 aliphatic carbocycles. The van der Waals surface area contributed by atoms with Gasteiger partial charge < -0.3 is 20.3 Å². The van der Waals surface area contributed by atoms with Gasteiger partial charge in [0.2, 0.25) is 17.8 Å². The topological polar surface area (TPSA) is 116 Å². The van der Waals surface area contributed by atoms with Crippen molar-refractivity contribution in [1.29, 1.82) is 5.26 Å². The number of aromatic nitrogens is 3. The highest BCUT2D eigenvalue weighted by molar-refractivity contribution is 5.90. The van der Waals surface area contributed by atoms with Crippen LogP contribution in [0.4, 0.5) is 23.3 Å². The number of amides is 1. The van der Waals surface area contributed by atoms with Crippen LogP contribution in [0, 0.1) is 18.3 Å². The average Bonchev–Trinajstić information content (AvgIpc) is 2.73. The molecular weight excluding hydrogens is 394 g/mol. The summed E-state index contributed by atoms with van der Waals surface area (Å²) in [4.78, 5) is 26.3. The van der Waals surface area contributed by atoms with E-state index in [0.29, 0.717) is 30.5 Å². The number of benzene rings is 2. The summed E-state index contributed by atoms with van der Waals surface area (Å²) in [6.45, 7) is 4.69. The van der Waals surface area contributed by atoms with Crippen molar-refractivity contribution in [3.8, 4) is 11.8 Å². The van der Waals surface area contributed by atoms with Crippen molar-refractivity contribution >= 4 is 29.2 Å². The van der Waals surface area contributed by atoms with Crippen LogP contribution in [0.3, 0.4) is 0 Å². The number of rotatable bonds is 6. The van der Waals surface area contributed by atoms with Crippen molar-refractivity contribution < 1.29 is 9.53 Å². The Morgan fingerprint density at radius 2 is 1.90 bits per heavy atom. The van der Waals surface area contributed by atoms with Crippen LogP contribution in [-0.4, -0.2) is 40.1 Å². The highest BCUT2D eigenvalue weighted by Gasteiger charge is 2.30. The number of carbonyl (C=O) groups is 1. The molecule has 31 heavy (non-hydrogen) atoms. The monoisotopic (exact) mass is 415 g/mol. The van der Waals surface area contributed by atoms with Crippen LogP contribution in [0.15, 0.2) is 48.8 Å². The lowest BCUT2D eigenvalue weighted by molar-refractivity contribution is -0.114. The molecule has 1 aliphatic heterocycles. The molecule has 1 aromatic heterocycles. The molecule has 1 fully saturated rings. The summed E-state index contributed by atoms with van der Waals surface area (Å²) < 4.78 is 5.92. The van der Waals surface area contributed by atoms with Gasteiger partial charge in [-0.1, -0.05) is 6.07 Å². The Hall–Kier alpha value is -4.19. The van der Waals surface area contributed by atoms with Crippen molar-refractivity contribution in [2.75, 3.05) is 28.6 Å². The SMILES string of the molecule is CC(=O)Nc1cccc(Nc2ncnc(N3CC(Oc4ccc(C#N)cc4)C3)n2)c1C. The fraction of sp³-hybridized carbons (Fsp3) is 0.227. The molecule has 2 heterocycles. The molecule has 3 aromatic rings. The first-order valence-electron chi connectivity index (χ1n) is 9.77. The van der Waals surface area contributed by atoms with Crippen LogP contribution in [0.2, 0.25) is 0 Å². The Bertz CT molecular complexity index is 1140. The lowest BCUT2D eigenvalue weighted by atomic mass is 10.1. The van der Waals surface area contributed by atoms with E-state index < -0.39 is 0 Å². The molecule has 1 aliphatic rings. The zero-order valence-corrected chi connectivity index (χ0v) is 17.2. The number of nitriles is 1. The second kappa shape index (κ2) is 8.67. The molecule has 0 atom stereocenters. The smallest absolute Gasteiger partial charge is 0.232 e. The van der Waals surface area contributed by atoms with Crippen molar-refractivity contribution in [3.63, 3.8) is 0 Å². The predicted molar refractivity (Wildman–Crippen MR) is 116 cm³/mol. The van der Waals surface area contributed by atoms with E-state index >= 15 is 0 Å². The second-order valence-corrected chi connectivity index (χ2v) is 7.17. The third-order valence-electron chi connectivity index (χ3n) is 4.87. The molecule has 0 unspecified atom stereocenters. The molecule has 0 saturated carbocycles. The maximum absolute atomic E-state index is 11.4. The van der Waals surface area contributed by atoms with Crippen molar-refractivity contribution in [2.24, 2.45) is 0 Å². The Balaban J connectivity index is 1.38. The van der Waals surface area contributed by atoms with Crippen molar-refractivity contribution in [2.45, 2.75) is 20.0 Å². The minimum Gasteiger partial charge on any atom is -0.487 e. The predicted octanol–water partition coefficient (Wildman–Crippen LogP) is 3.02. The van der Waals surface area contributed by atoms with Gasteiger partial charge in [-0.25, -0.2) is 9.97 Å². The van der Waals surface area contributed by atoms with Crippen molar-refractivity contribution in [3.05, 3.63) is 59.9 Å². The minimum absolute atomic E-state index is 0.0256. The van der Waals surface area contributed by atoms with Gasteiger partial charge in [-0.05, 0) is 48.9 Å². The molecule has 4 rings (SSSR count). The van der Waals surface area contributed by atoms with Crippen LogP contribution < -0.4 is 20.3 Å². The van der Waals surface area contributed by atoms with Crippen LogP contribution in [-0.2, 0) is 4.79 Å². The van der Waals surface area contributed by atoms with Gasteiger partial charge >= 0.3 is 0 Å². The number of hydrogen-bond donors (Lipinski definition) is 2. The molecule has 0 bridgehead atoms. The molecule has 0 radical (unpaired) electrons. The van der Waals surface area contributed by atoms with Crippen LogP contribution in [0.25, 0.3) is 0 Å². The van der Waals surface area contributed by atoms with Gasteiger partial charge in [0.15, 0.2) is 0 Å². The summed E-state index contributed by atoms with van der Waals surface area (Å²) in [6, 6.07) is 14.7. The quantitative estimate of drug-likeness (QED) is 0.631. The zero-order chi connectivity index (χ0) is 21.8. The molecule has 1 amide bonds. The molecule has 1 saturated heterocycles. The third-order valence-corrected chi connectivity index (χ3v) is 4.87. The van der Waals surface area contributed by atoms with Crippen LogP contribution in [0.1, 0.15) is 18.1 Å². The Labute approximate surface area is 179 Å². The summed E-state index contributed by atoms with van der Waals surface area (Å²) in [5.41, 5.74) is 3.02. The second-order valence-electron chi connectivity index (χ2n) is 7.17. The minimum atomic E-state index is -0.127. The van der Waals surface area contributed by atoms with E-state index in [1.54, 1.807) is 24.3 Å². The number of anilines is 4. The number of carbonyl (C=O) groups excluding carboxylic acids is 1. The Morgan fingerprint density at radius 1 is 1.16 bits per heavy atom. The van der Waals surface area contributed by atoms with Gasteiger partial charge in [-0.15, -0.1) is 0 Å². The number of ether oxygens (including phenoxy) is 1. The lowest BCUT2D eigenvalue weighted by Crippen LogP contribution is -2.54. The van der Waals surface area contributed by atoms with Gasteiger partial charge in [0.25, 0.3) is 0 Å². The lowest BCUT2D eigenvalue weighted by Gasteiger charge is -2.38. The highest BCUT2D eigenvalue weighted by Crippen LogP contribution is 2.26. The van der Waals surface area contributed by atoms with Gasteiger partial charge in [0.05, 0.1) is 24.7 Å². The van der Waals surface area contributed by atoms with E-state index in [1.807, 2.05) is 30.0 Å². The summed E-state index contributed by atoms with van der Waals surface area (Å²) in [7, 11) is 0.